The standard InChI is InChI=1S/C20H24ClN3O2/c1-2-26-19-9-4-3-8-18(19)24-12-10-23(11-13-24)15-20(25)22-17-7-5-6-16(21)14-17/h3-9,14H,2,10-13,15H2,1H3,(H,22,25)/p+1. The van der Waals surface area contributed by atoms with E-state index in [1.807, 2.05) is 37.3 Å². The summed E-state index contributed by atoms with van der Waals surface area (Å²) < 4.78 is 5.73. The molecule has 0 atom stereocenters. The predicted molar refractivity (Wildman–Crippen MR) is 105 cm³/mol. The zero-order valence-corrected chi connectivity index (χ0v) is 15.8. The lowest BCUT2D eigenvalue weighted by Gasteiger charge is -2.34. The fraction of sp³-hybridized carbons (Fsp3) is 0.350. The molecule has 1 heterocycles. The van der Waals surface area contributed by atoms with Gasteiger partial charge in [0.05, 0.1) is 38.5 Å². The molecule has 0 unspecified atom stereocenters. The number of halogens is 1. The molecule has 0 aliphatic carbocycles. The highest BCUT2D eigenvalue weighted by Crippen LogP contribution is 2.27. The number of amides is 1. The Bertz CT molecular complexity index is 745. The number of hydrogen-bond donors (Lipinski definition) is 2. The van der Waals surface area contributed by atoms with Crippen molar-refractivity contribution in [2.45, 2.75) is 6.92 Å². The van der Waals surface area contributed by atoms with E-state index in [1.54, 1.807) is 12.1 Å². The van der Waals surface area contributed by atoms with Gasteiger partial charge in [-0.05, 0) is 37.3 Å². The van der Waals surface area contributed by atoms with Crippen LogP contribution >= 0.6 is 11.6 Å². The van der Waals surface area contributed by atoms with Gasteiger partial charge >= 0.3 is 0 Å². The topological polar surface area (TPSA) is 46.0 Å². The molecular formula is C20H25ClN3O2+. The van der Waals surface area contributed by atoms with Crippen LogP contribution in [0.2, 0.25) is 5.02 Å². The summed E-state index contributed by atoms with van der Waals surface area (Å²) in [4.78, 5) is 15.9. The molecule has 0 aromatic heterocycles. The lowest BCUT2D eigenvalue weighted by molar-refractivity contribution is -0.892. The first kappa shape index (κ1) is 18.5. The molecule has 0 spiro atoms. The molecule has 2 aromatic carbocycles. The summed E-state index contributed by atoms with van der Waals surface area (Å²) in [5, 5.41) is 3.54. The number of rotatable bonds is 6. The Balaban J connectivity index is 1.52. The number of nitrogens with one attached hydrogen (secondary N) is 2. The van der Waals surface area contributed by atoms with Gasteiger partial charge < -0.3 is 19.9 Å². The van der Waals surface area contributed by atoms with Crippen LogP contribution in [0, 0.1) is 0 Å². The third kappa shape index (κ3) is 4.90. The molecular weight excluding hydrogens is 350 g/mol. The highest BCUT2D eigenvalue weighted by atomic mass is 35.5. The van der Waals surface area contributed by atoms with E-state index in [9.17, 15) is 4.79 Å². The first-order chi connectivity index (χ1) is 12.7. The lowest BCUT2D eigenvalue weighted by Crippen LogP contribution is -3.15. The second-order valence-electron chi connectivity index (χ2n) is 6.37. The monoisotopic (exact) mass is 374 g/mol. The summed E-state index contributed by atoms with van der Waals surface area (Å²) in [7, 11) is 0. The van der Waals surface area contributed by atoms with Crippen LogP contribution in [0.5, 0.6) is 5.75 Å². The second-order valence-corrected chi connectivity index (χ2v) is 6.81. The first-order valence-electron chi connectivity index (χ1n) is 9.01. The minimum absolute atomic E-state index is 0.0189. The van der Waals surface area contributed by atoms with E-state index in [1.165, 1.54) is 4.90 Å². The van der Waals surface area contributed by atoms with Crippen LogP contribution in [-0.2, 0) is 4.79 Å². The van der Waals surface area contributed by atoms with Crippen LogP contribution < -0.4 is 19.9 Å². The van der Waals surface area contributed by atoms with Crippen LogP contribution in [0.25, 0.3) is 0 Å². The third-order valence-corrected chi connectivity index (χ3v) is 4.73. The Hall–Kier alpha value is -2.24. The number of ether oxygens (including phenoxy) is 1. The number of anilines is 2. The summed E-state index contributed by atoms with van der Waals surface area (Å²) >= 11 is 5.96. The zero-order valence-electron chi connectivity index (χ0n) is 15.0. The third-order valence-electron chi connectivity index (χ3n) is 4.50. The van der Waals surface area contributed by atoms with Crippen LogP contribution in [0.15, 0.2) is 48.5 Å². The minimum atomic E-state index is 0.0189. The van der Waals surface area contributed by atoms with E-state index in [4.69, 9.17) is 16.3 Å². The zero-order chi connectivity index (χ0) is 18.4. The van der Waals surface area contributed by atoms with Gasteiger partial charge in [0, 0.05) is 10.7 Å². The second kappa shape index (κ2) is 8.92. The number of nitrogens with zero attached hydrogens (tertiary/aromatic N) is 1. The molecule has 5 nitrogen and oxygen atoms in total. The van der Waals surface area contributed by atoms with Gasteiger partial charge in [0.1, 0.15) is 5.75 Å². The van der Waals surface area contributed by atoms with Gasteiger partial charge in [0.2, 0.25) is 0 Å². The van der Waals surface area contributed by atoms with Crippen molar-refractivity contribution < 1.29 is 14.4 Å². The average molecular weight is 375 g/mol. The molecule has 26 heavy (non-hydrogen) atoms. The highest BCUT2D eigenvalue weighted by Gasteiger charge is 2.24. The van der Waals surface area contributed by atoms with Crippen LogP contribution in [0.3, 0.4) is 0 Å². The number of carbonyl (C=O) groups excluding carboxylic acids is 1. The molecule has 1 aliphatic rings. The summed E-state index contributed by atoms with van der Waals surface area (Å²) in [6, 6.07) is 15.4. The Labute approximate surface area is 159 Å². The van der Waals surface area contributed by atoms with Crippen LogP contribution in [-0.4, -0.2) is 45.2 Å². The molecule has 1 aliphatic heterocycles. The molecule has 2 aromatic rings. The van der Waals surface area contributed by atoms with Crippen LogP contribution in [0.4, 0.5) is 11.4 Å². The molecule has 0 bridgehead atoms. The summed E-state index contributed by atoms with van der Waals surface area (Å²) in [5.41, 5.74) is 1.88. The number of piperazine rings is 1. The van der Waals surface area contributed by atoms with Crippen molar-refractivity contribution in [3.05, 3.63) is 53.6 Å². The minimum Gasteiger partial charge on any atom is -0.492 e. The maximum atomic E-state index is 12.3. The lowest BCUT2D eigenvalue weighted by atomic mass is 10.2. The largest absolute Gasteiger partial charge is 0.492 e. The van der Waals surface area contributed by atoms with Gasteiger partial charge in [0.25, 0.3) is 5.91 Å². The highest BCUT2D eigenvalue weighted by molar-refractivity contribution is 6.30. The number of hydrogen-bond acceptors (Lipinski definition) is 3. The van der Waals surface area contributed by atoms with E-state index in [0.29, 0.717) is 18.2 Å². The van der Waals surface area contributed by atoms with Crippen molar-refractivity contribution in [2.75, 3.05) is 49.5 Å². The van der Waals surface area contributed by atoms with E-state index >= 15 is 0 Å². The Kier molecular flexibility index (Phi) is 6.36. The number of carbonyl (C=O) groups is 1. The molecule has 2 N–H and O–H groups in total. The SMILES string of the molecule is CCOc1ccccc1N1CC[NH+](CC(=O)Nc2cccc(Cl)c2)CC1. The molecule has 1 saturated heterocycles. The van der Waals surface area contributed by atoms with Gasteiger partial charge in [0.15, 0.2) is 6.54 Å². The van der Waals surface area contributed by atoms with Crippen molar-refractivity contribution in [3.8, 4) is 5.75 Å². The van der Waals surface area contributed by atoms with Crippen molar-refractivity contribution in [3.63, 3.8) is 0 Å². The quantitative estimate of drug-likeness (QED) is 0.813. The predicted octanol–water partition coefficient (Wildman–Crippen LogP) is 2.08. The Morgan fingerprint density at radius 3 is 2.69 bits per heavy atom. The van der Waals surface area contributed by atoms with Gasteiger partial charge in [-0.1, -0.05) is 29.8 Å². The molecule has 6 heteroatoms. The summed E-state index contributed by atoms with van der Waals surface area (Å²) in [5.74, 6) is 0.947. The van der Waals surface area contributed by atoms with Crippen molar-refractivity contribution in [1.82, 2.24) is 0 Å². The summed E-state index contributed by atoms with van der Waals surface area (Å²) in [6.07, 6.45) is 0. The van der Waals surface area contributed by atoms with Crippen molar-refractivity contribution >= 4 is 28.9 Å². The molecule has 3 rings (SSSR count). The Morgan fingerprint density at radius 1 is 1.19 bits per heavy atom. The van der Waals surface area contributed by atoms with Gasteiger partial charge in [-0.25, -0.2) is 0 Å². The van der Waals surface area contributed by atoms with E-state index in [-0.39, 0.29) is 5.91 Å². The fourth-order valence-corrected chi connectivity index (χ4v) is 3.43. The molecule has 1 amide bonds. The van der Waals surface area contributed by atoms with Gasteiger partial charge in [-0.2, -0.15) is 0 Å². The molecule has 0 radical (unpaired) electrons. The van der Waals surface area contributed by atoms with E-state index < -0.39 is 0 Å². The number of quaternary nitrogens is 1. The van der Waals surface area contributed by atoms with Gasteiger partial charge in [-0.15, -0.1) is 0 Å². The van der Waals surface area contributed by atoms with Crippen molar-refractivity contribution in [2.24, 2.45) is 0 Å². The van der Waals surface area contributed by atoms with Gasteiger partial charge in [-0.3, -0.25) is 4.79 Å². The molecule has 138 valence electrons. The van der Waals surface area contributed by atoms with Crippen LogP contribution in [0.1, 0.15) is 6.92 Å². The average Bonchev–Trinajstić information content (AvgIpc) is 2.63. The smallest absolute Gasteiger partial charge is 0.279 e. The number of para-hydroxylation sites is 2. The molecule has 0 saturated carbocycles. The maximum Gasteiger partial charge on any atom is 0.279 e. The van der Waals surface area contributed by atoms with Crippen molar-refractivity contribution in [1.29, 1.82) is 0 Å². The maximum absolute atomic E-state index is 12.3. The first-order valence-corrected chi connectivity index (χ1v) is 9.39. The Morgan fingerprint density at radius 2 is 1.96 bits per heavy atom. The number of benzene rings is 2. The fourth-order valence-electron chi connectivity index (χ4n) is 3.24. The normalized spacial score (nSPS) is 14.9. The molecule has 1 fully saturated rings. The summed E-state index contributed by atoms with van der Waals surface area (Å²) in [6.45, 7) is 6.78. The van der Waals surface area contributed by atoms with E-state index in [0.717, 1.165) is 43.3 Å². The van der Waals surface area contributed by atoms with E-state index in [2.05, 4.69) is 16.3 Å².